The molecule has 0 saturated carbocycles. The predicted octanol–water partition coefficient (Wildman–Crippen LogP) is 3.04. The van der Waals surface area contributed by atoms with E-state index in [2.05, 4.69) is 20.6 Å². The van der Waals surface area contributed by atoms with Crippen molar-refractivity contribution in [1.29, 1.82) is 0 Å². The lowest BCUT2D eigenvalue weighted by Crippen LogP contribution is -2.49. The molecular formula is C30H36N6O5. The van der Waals surface area contributed by atoms with E-state index in [0.29, 0.717) is 25.9 Å². The number of carbonyl (C=O) groups is 2. The number of hydrogen-bond acceptors (Lipinski definition) is 9. The molecular weight excluding hydrogens is 524 g/mol. The zero-order valence-electron chi connectivity index (χ0n) is 22.8. The van der Waals surface area contributed by atoms with Gasteiger partial charge in [-0.3, -0.25) is 0 Å². The van der Waals surface area contributed by atoms with Crippen LogP contribution in [0.25, 0.3) is 0 Å². The molecule has 11 nitrogen and oxygen atoms in total. The Morgan fingerprint density at radius 3 is 1.80 bits per heavy atom. The van der Waals surface area contributed by atoms with Crippen LogP contribution in [0.4, 0.5) is 9.59 Å². The SMILES string of the molecule is O=C(N[C@@H](Cc1ccccc1)C[C@H](O)[C@H](Cc1ccccc1)NC(=O)OCN1C=NC=CC1)OCN1C=NC=CC1. The fourth-order valence-corrected chi connectivity index (χ4v) is 4.40. The molecule has 2 aliphatic heterocycles. The quantitative estimate of drug-likeness (QED) is 0.344. The number of ether oxygens (including phenoxy) is 2. The van der Waals surface area contributed by atoms with Gasteiger partial charge in [0.15, 0.2) is 13.5 Å². The summed E-state index contributed by atoms with van der Waals surface area (Å²) >= 11 is 0. The van der Waals surface area contributed by atoms with Crippen molar-refractivity contribution < 1.29 is 24.2 Å². The van der Waals surface area contributed by atoms with Crippen LogP contribution in [0.5, 0.6) is 0 Å². The van der Waals surface area contributed by atoms with E-state index >= 15 is 0 Å². The maximum absolute atomic E-state index is 12.7. The van der Waals surface area contributed by atoms with Gasteiger partial charge in [-0.1, -0.05) is 60.7 Å². The van der Waals surface area contributed by atoms with Crippen molar-refractivity contribution in [2.75, 3.05) is 26.6 Å². The van der Waals surface area contributed by atoms with E-state index < -0.39 is 30.4 Å². The highest BCUT2D eigenvalue weighted by atomic mass is 16.6. The Morgan fingerprint density at radius 2 is 1.29 bits per heavy atom. The summed E-state index contributed by atoms with van der Waals surface area (Å²) in [7, 11) is 0. The molecule has 41 heavy (non-hydrogen) atoms. The van der Waals surface area contributed by atoms with Gasteiger partial charge < -0.3 is 35.0 Å². The van der Waals surface area contributed by atoms with E-state index in [1.54, 1.807) is 34.9 Å². The summed E-state index contributed by atoms with van der Waals surface area (Å²) in [4.78, 5) is 37.0. The summed E-state index contributed by atoms with van der Waals surface area (Å²) in [5, 5.41) is 17.1. The highest BCUT2D eigenvalue weighted by Crippen LogP contribution is 2.14. The second-order valence-electron chi connectivity index (χ2n) is 9.74. The van der Waals surface area contributed by atoms with Gasteiger partial charge in [0, 0.05) is 31.5 Å². The van der Waals surface area contributed by atoms with E-state index in [0.717, 1.165) is 11.1 Å². The van der Waals surface area contributed by atoms with Gasteiger partial charge in [0.2, 0.25) is 0 Å². The molecule has 2 heterocycles. The van der Waals surface area contributed by atoms with E-state index in [1.807, 2.05) is 72.8 Å². The van der Waals surface area contributed by atoms with Gasteiger partial charge in [-0.25, -0.2) is 19.6 Å². The molecule has 2 aromatic carbocycles. The van der Waals surface area contributed by atoms with Crippen LogP contribution >= 0.6 is 0 Å². The Balaban J connectivity index is 1.40. The van der Waals surface area contributed by atoms with Crippen LogP contribution in [-0.2, 0) is 22.3 Å². The Labute approximate surface area is 239 Å². The number of alkyl carbamates (subject to hydrolysis) is 2. The monoisotopic (exact) mass is 560 g/mol. The number of rotatable bonds is 13. The van der Waals surface area contributed by atoms with Crippen molar-refractivity contribution in [3.05, 3.63) is 96.3 Å². The number of nitrogens with zero attached hydrogens (tertiary/aromatic N) is 4. The molecule has 3 atom stereocenters. The first kappa shape index (κ1) is 29.3. The molecule has 0 saturated heterocycles. The highest BCUT2D eigenvalue weighted by Gasteiger charge is 2.27. The average molecular weight is 561 g/mol. The van der Waals surface area contributed by atoms with Gasteiger partial charge in [0.05, 0.1) is 24.8 Å². The standard InChI is InChI=1S/C30H36N6O5/c37-28(27(18-25-11-5-2-6-12-25)34-30(39)41-23-36-16-8-14-32-21-36)19-26(17-24-9-3-1-4-10-24)33-29(38)40-22-35-15-7-13-31-20-35/h1-14,20-21,26-28,37H,15-19,22-23H2,(H,33,38)(H,34,39)/t26-,27-,28-/m0/s1. The zero-order valence-corrected chi connectivity index (χ0v) is 22.8. The molecule has 0 aromatic heterocycles. The van der Waals surface area contributed by atoms with E-state index in [-0.39, 0.29) is 19.9 Å². The van der Waals surface area contributed by atoms with Crippen LogP contribution in [0, 0.1) is 0 Å². The Bertz CT molecular complexity index is 1220. The molecule has 0 radical (unpaired) electrons. The molecule has 3 N–H and O–H groups in total. The Hall–Kier alpha value is -4.64. The van der Waals surface area contributed by atoms with Crippen LogP contribution in [0.3, 0.4) is 0 Å². The summed E-state index contributed by atoms with van der Waals surface area (Å²) in [6.07, 6.45) is 9.01. The molecule has 0 spiro atoms. The lowest BCUT2D eigenvalue weighted by Gasteiger charge is -2.29. The topological polar surface area (TPSA) is 128 Å². The molecule has 0 bridgehead atoms. The molecule has 2 amide bonds. The zero-order chi connectivity index (χ0) is 28.7. The number of hydrogen-bond donors (Lipinski definition) is 3. The minimum atomic E-state index is -1.00. The number of benzene rings is 2. The second kappa shape index (κ2) is 15.8. The summed E-state index contributed by atoms with van der Waals surface area (Å²) in [6, 6.07) is 18.1. The van der Waals surface area contributed by atoms with Gasteiger partial charge in [-0.05, 0) is 42.5 Å². The third-order valence-corrected chi connectivity index (χ3v) is 6.48. The maximum Gasteiger partial charge on any atom is 0.409 e. The van der Waals surface area contributed by atoms with Gasteiger partial charge in [0.1, 0.15) is 0 Å². The third kappa shape index (κ3) is 10.5. The van der Waals surface area contributed by atoms with E-state index in [1.165, 1.54) is 0 Å². The molecule has 2 aromatic rings. The van der Waals surface area contributed by atoms with E-state index in [4.69, 9.17) is 9.47 Å². The molecule has 0 aliphatic carbocycles. The molecule has 11 heteroatoms. The van der Waals surface area contributed by atoms with Crippen molar-refractivity contribution in [3.8, 4) is 0 Å². The first-order chi connectivity index (χ1) is 20.0. The normalized spacial score (nSPS) is 16.1. The second-order valence-corrected chi connectivity index (χ2v) is 9.74. The van der Waals surface area contributed by atoms with Crippen molar-refractivity contribution in [3.63, 3.8) is 0 Å². The van der Waals surface area contributed by atoms with E-state index in [9.17, 15) is 14.7 Å². The lowest BCUT2D eigenvalue weighted by molar-refractivity contribution is 0.0741. The van der Waals surface area contributed by atoms with Crippen molar-refractivity contribution >= 4 is 24.9 Å². The highest BCUT2D eigenvalue weighted by molar-refractivity contribution is 5.69. The first-order valence-corrected chi connectivity index (χ1v) is 13.5. The minimum Gasteiger partial charge on any atom is -0.428 e. The largest absolute Gasteiger partial charge is 0.428 e. The number of carbonyl (C=O) groups excluding carboxylic acids is 2. The number of amides is 2. The van der Waals surface area contributed by atoms with Gasteiger partial charge in [-0.2, -0.15) is 0 Å². The Morgan fingerprint density at radius 1 is 0.780 bits per heavy atom. The van der Waals surface area contributed by atoms with Crippen LogP contribution in [0.15, 0.2) is 95.2 Å². The smallest absolute Gasteiger partial charge is 0.409 e. The van der Waals surface area contributed by atoms with Crippen molar-refractivity contribution in [2.24, 2.45) is 9.98 Å². The van der Waals surface area contributed by atoms with Gasteiger partial charge >= 0.3 is 12.2 Å². The summed E-state index contributed by atoms with van der Waals surface area (Å²) < 4.78 is 10.8. The number of aliphatic hydroxyl groups excluding tert-OH is 1. The number of aliphatic imine (C=N–C) groups is 2. The number of aliphatic hydroxyl groups is 1. The Kier molecular flexibility index (Phi) is 11.3. The molecule has 2 aliphatic rings. The fraction of sp³-hybridized carbons (Fsp3) is 0.333. The third-order valence-electron chi connectivity index (χ3n) is 6.48. The summed E-state index contributed by atoms with van der Waals surface area (Å²) in [5.74, 6) is 0. The number of nitrogens with one attached hydrogen (secondary N) is 2. The van der Waals surface area contributed by atoms with Crippen LogP contribution in [0.1, 0.15) is 17.5 Å². The molecule has 216 valence electrons. The summed E-state index contributed by atoms with van der Waals surface area (Å²) in [5.41, 5.74) is 1.93. The molecule has 4 rings (SSSR count). The molecule has 0 fully saturated rings. The summed E-state index contributed by atoms with van der Waals surface area (Å²) in [6.45, 7) is 1.24. The molecule has 0 unspecified atom stereocenters. The maximum atomic E-state index is 12.7. The van der Waals surface area contributed by atoms with Crippen LogP contribution in [-0.4, -0.2) is 84.5 Å². The lowest BCUT2D eigenvalue weighted by atomic mass is 9.94. The first-order valence-electron chi connectivity index (χ1n) is 13.5. The average Bonchev–Trinajstić information content (AvgIpc) is 3.01. The minimum absolute atomic E-state index is 0.0232. The van der Waals surface area contributed by atoms with Crippen LogP contribution < -0.4 is 10.6 Å². The van der Waals surface area contributed by atoms with Crippen molar-refractivity contribution in [2.45, 2.75) is 37.5 Å². The van der Waals surface area contributed by atoms with Gasteiger partial charge in [-0.15, -0.1) is 0 Å². The fourth-order valence-electron chi connectivity index (χ4n) is 4.40. The van der Waals surface area contributed by atoms with Crippen molar-refractivity contribution in [1.82, 2.24) is 20.4 Å². The van der Waals surface area contributed by atoms with Crippen LogP contribution in [0.2, 0.25) is 0 Å². The predicted molar refractivity (Wildman–Crippen MR) is 156 cm³/mol. The van der Waals surface area contributed by atoms with Gasteiger partial charge in [0.25, 0.3) is 0 Å².